The number of rotatable bonds is 5. The first-order chi connectivity index (χ1) is 12.3. The van der Waals surface area contributed by atoms with Crippen LogP contribution in [0.15, 0.2) is 47.3 Å². The Balaban J connectivity index is 1.35. The molecule has 1 saturated heterocycles. The normalized spacial score (nSPS) is 26.3. The van der Waals surface area contributed by atoms with Crippen molar-refractivity contribution in [3.8, 4) is 0 Å². The van der Waals surface area contributed by atoms with Crippen molar-refractivity contribution in [1.82, 2.24) is 15.2 Å². The van der Waals surface area contributed by atoms with Gasteiger partial charge < -0.3 is 14.5 Å². The van der Waals surface area contributed by atoms with Crippen LogP contribution in [-0.4, -0.2) is 47.6 Å². The average Bonchev–Trinajstić information content (AvgIpc) is 3.31. The van der Waals surface area contributed by atoms with E-state index in [2.05, 4.69) is 21.3 Å². The second kappa shape index (κ2) is 7.37. The zero-order chi connectivity index (χ0) is 17.1. The van der Waals surface area contributed by atoms with Crippen LogP contribution in [-0.2, 0) is 11.3 Å². The molecule has 132 valence electrons. The number of hydrogen-bond acceptors (Lipinski definition) is 5. The SMILES string of the molecule is O=C(NC[C@@H]1CC[C@@H]2[C@H]1OCCN2Cc1cccnc1)c1ccco1. The van der Waals surface area contributed by atoms with Crippen molar-refractivity contribution >= 4 is 5.91 Å². The number of nitrogens with one attached hydrogen (secondary N) is 1. The van der Waals surface area contributed by atoms with E-state index in [1.165, 1.54) is 11.8 Å². The van der Waals surface area contributed by atoms with Crippen LogP contribution in [0.2, 0.25) is 0 Å². The highest BCUT2D eigenvalue weighted by Crippen LogP contribution is 2.35. The minimum absolute atomic E-state index is 0.156. The Bertz CT molecular complexity index is 689. The van der Waals surface area contributed by atoms with Gasteiger partial charge >= 0.3 is 0 Å². The lowest BCUT2D eigenvalue weighted by Crippen LogP contribution is -2.50. The molecule has 1 aliphatic carbocycles. The second-order valence-corrected chi connectivity index (χ2v) is 6.76. The Hall–Kier alpha value is -2.18. The molecule has 1 saturated carbocycles. The van der Waals surface area contributed by atoms with Crippen LogP contribution in [0.4, 0.5) is 0 Å². The Morgan fingerprint density at radius 1 is 1.32 bits per heavy atom. The fourth-order valence-electron chi connectivity index (χ4n) is 4.00. The summed E-state index contributed by atoms with van der Waals surface area (Å²) in [6.07, 6.45) is 7.60. The van der Waals surface area contributed by atoms with E-state index in [1.54, 1.807) is 18.3 Å². The number of amides is 1. The molecular formula is C19H23N3O3. The van der Waals surface area contributed by atoms with Crippen LogP contribution in [0.3, 0.4) is 0 Å². The van der Waals surface area contributed by atoms with E-state index in [0.29, 0.717) is 24.3 Å². The monoisotopic (exact) mass is 341 g/mol. The lowest BCUT2D eigenvalue weighted by Gasteiger charge is -2.39. The van der Waals surface area contributed by atoms with Gasteiger partial charge in [-0.05, 0) is 36.6 Å². The maximum Gasteiger partial charge on any atom is 0.286 e. The van der Waals surface area contributed by atoms with Gasteiger partial charge in [0.25, 0.3) is 5.91 Å². The lowest BCUT2D eigenvalue weighted by atomic mass is 10.0. The van der Waals surface area contributed by atoms with Crippen LogP contribution in [0, 0.1) is 5.92 Å². The van der Waals surface area contributed by atoms with E-state index >= 15 is 0 Å². The molecule has 2 aromatic heterocycles. The third-order valence-electron chi connectivity index (χ3n) is 5.21. The van der Waals surface area contributed by atoms with Crippen molar-refractivity contribution in [3.05, 3.63) is 54.2 Å². The van der Waals surface area contributed by atoms with Gasteiger partial charge in [0.05, 0.1) is 19.0 Å². The summed E-state index contributed by atoms with van der Waals surface area (Å²) in [6.45, 7) is 3.22. The fourth-order valence-corrected chi connectivity index (χ4v) is 4.00. The van der Waals surface area contributed by atoms with Gasteiger partial charge in [-0.25, -0.2) is 0 Å². The second-order valence-electron chi connectivity index (χ2n) is 6.76. The Labute approximate surface area is 147 Å². The predicted octanol–water partition coefficient (Wildman–Crippen LogP) is 2.08. The highest BCUT2D eigenvalue weighted by molar-refractivity contribution is 5.91. The molecule has 0 bridgehead atoms. The molecular weight excluding hydrogens is 318 g/mol. The summed E-state index contributed by atoms with van der Waals surface area (Å²) >= 11 is 0. The standard InChI is InChI=1S/C19H23N3O3/c23-19(17-4-2-9-24-17)21-12-15-5-6-16-18(15)25-10-8-22(16)13-14-3-1-7-20-11-14/h1-4,7,9,11,15-16,18H,5-6,8,10,12-13H2,(H,21,23)/t15-,16+,18-/m0/s1. The molecule has 4 rings (SSSR count). The maximum absolute atomic E-state index is 12.1. The van der Waals surface area contributed by atoms with Crippen LogP contribution >= 0.6 is 0 Å². The number of nitrogens with zero attached hydrogens (tertiary/aromatic N) is 2. The topological polar surface area (TPSA) is 67.6 Å². The average molecular weight is 341 g/mol. The van der Waals surface area contributed by atoms with E-state index < -0.39 is 0 Å². The van der Waals surface area contributed by atoms with Gasteiger partial charge in [-0.3, -0.25) is 14.7 Å². The number of hydrogen-bond donors (Lipinski definition) is 1. The number of pyridine rings is 1. The highest BCUT2D eigenvalue weighted by atomic mass is 16.5. The van der Waals surface area contributed by atoms with Crippen LogP contribution in [0.25, 0.3) is 0 Å². The molecule has 2 aromatic rings. The highest BCUT2D eigenvalue weighted by Gasteiger charge is 2.42. The molecule has 1 N–H and O–H groups in total. The first-order valence-electron chi connectivity index (χ1n) is 8.87. The minimum atomic E-state index is -0.156. The van der Waals surface area contributed by atoms with Gasteiger partial charge in [0.2, 0.25) is 0 Å². The van der Waals surface area contributed by atoms with Crippen molar-refractivity contribution in [2.75, 3.05) is 19.7 Å². The van der Waals surface area contributed by atoms with Crippen LogP contribution in [0.1, 0.15) is 29.0 Å². The zero-order valence-corrected chi connectivity index (χ0v) is 14.1. The van der Waals surface area contributed by atoms with E-state index in [4.69, 9.17) is 9.15 Å². The number of morpholine rings is 1. The number of fused-ring (bicyclic) bond motifs is 1. The summed E-state index contributed by atoms with van der Waals surface area (Å²) in [4.78, 5) is 18.8. The zero-order valence-electron chi connectivity index (χ0n) is 14.1. The predicted molar refractivity (Wildman–Crippen MR) is 91.9 cm³/mol. The van der Waals surface area contributed by atoms with E-state index in [1.807, 2.05) is 12.3 Å². The third kappa shape index (κ3) is 3.60. The van der Waals surface area contributed by atoms with Gasteiger partial charge in [0, 0.05) is 44.0 Å². The molecule has 3 atom stereocenters. The molecule has 0 radical (unpaired) electrons. The maximum atomic E-state index is 12.1. The summed E-state index contributed by atoms with van der Waals surface area (Å²) in [6, 6.07) is 7.92. The first-order valence-corrected chi connectivity index (χ1v) is 8.87. The summed E-state index contributed by atoms with van der Waals surface area (Å²) in [7, 11) is 0. The quantitative estimate of drug-likeness (QED) is 0.902. The lowest BCUT2D eigenvalue weighted by molar-refractivity contribution is -0.0757. The van der Waals surface area contributed by atoms with Crippen LogP contribution in [0.5, 0.6) is 0 Å². The van der Waals surface area contributed by atoms with Crippen molar-refractivity contribution in [1.29, 1.82) is 0 Å². The van der Waals surface area contributed by atoms with Gasteiger partial charge in [0.1, 0.15) is 0 Å². The molecule has 0 spiro atoms. The molecule has 2 fully saturated rings. The molecule has 25 heavy (non-hydrogen) atoms. The van der Waals surface area contributed by atoms with Gasteiger partial charge in [-0.15, -0.1) is 0 Å². The van der Waals surface area contributed by atoms with E-state index in [-0.39, 0.29) is 12.0 Å². The van der Waals surface area contributed by atoms with Gasteiger partial charge in [-0.1, -0.05) is 6.07 Å². The van der Waals surface area contributed by atoms with E-state index in [0.717, 1.165) is 32.5 Å². The van der Waals surface area contributed by atoms with Crippen molar-refractivity contribution in [2.24, 2.45) is 5.92 Å². The Morgan fingerprint density at radius 3 is 3.08 bits per heavy atom. The molecule has 1 aliphatic heterocycles. The molecule has 0 unspecified atom stereocenters. The number of aromatic nitrogens is 1. The van der Waals surface area contributed by atoms with Crippen molar-refractivity contribution in [3.63, 3.8) is 0 Å². The summed E-state index contributed by atoms with van der Waals surface area (Å²) in [5, 5.41) is 2.98. The fraction of sp³-hybridized carbons (Fsp3) is 0.474. The number of ether oxygens (including phenoxy) is 1. The van der Waals surface area contributed by atoms with Crippen molar-refractivity contribution < 1.29 is 13.9 Å². The summed E-state index contributed by atoms with van der Waals surface area (Å²) in [5.41, 5.74) is 1.23. The summed E-state index contributed by atoms with van der Waals surface area (Å²) < 4.78 is 11.2. The van der Waals surface area contributed by atoms with Crippen molar-refractivity contribution in [2.45, 2.75) is 31.5 Å². The molecule has 3 heterocycles. The van der Waals surface area contributed by atoms with E-state index in [9.17, 15) is 4.79 Å². The van der Waals surface area contributed by atoms with Gasteiger partial charge in [-0.2, -0.15) is 0 Å². The molecule has 1 amide bonds. The number of carbonyl (C=O) groups excluding carboxylic acids is 1. The summed E-state index contributed by atoms with van der Waals surface area (Å²) in [5.74, 6) is 0.550. The number of carbonyl (C=O) groups is 1. The molecule has 0 aromatic carbocycles. The molecule has 6 heteroatoms. The smallest absolute Gasteiger partial charge is 0.286 e. The Kier molecular flexibility index (Phi) is 4.81. The van der Waals surface area contributed by atoms with Crippen LogP contribution < -0.4 is 5.32 Å². The molecule has 6 nitrogen and oxygen atoms in total. The molecule has 2 aliphatic rings. The van der Waals surface area contributed by atoms with Gasteiger partial charge in [0.15, 0.2) is 5.76 Å². The minimum Gasteiger partial charge on any atom is -0.459 e. The first kappa shape index (κ1) is 16.3. The largest absolute Gasteiger partial charge is 0.459 e. The Morgan fingerprint density at radius 2 is 2.28 bits per heavy atom. The number of furan rings is 1. The third-order valence-corrected chi connectivity index (χ3v) is 5.21.